The Balaban J connectivity index is 2.54. The molecule has 3 heteroatoms. The molecule has 1 N–H and O–H groups in total. The van der Waals surface area contributed by atoms with E-state index in [9.17, 15) is 0 Å². The van der Waals surface area contributed by atoms with Crippen LogP contribution in [0.2, 0.25) is 0 Å². The van der Waals surface area contributed by atoms with Crippen molar-refractivity contribution in [2.24, 2.45) is 5.41 Å². The first-order chi connectivity index (χ1) is 8.01. The topological polar surface area (TPSA) is 42.4 Å². The number of nitrogens with zero attached hydrogens (tertiary/aromatic N) is 1. The zero-order chi connectivity index (χ0) is 12.7. The third-order valence-corrected chi connectivity index (χ3v) is 2.15. The molecule has 0 spiro atoms. The van der Waals surface area contributed by atoms with E-state index in [1.165, 1.54) is 0 Å². The summed E-state index contributed by atoms with van der Waals surface area (Å²) in [6.45, 7) is 7.06. The Hall–Kier alpha value is -1.53. The molecule has 92 valence electrons. The highest BCUT2D eigenvalue weighted by Gasteiger charge is 2.09. The molecule has 0 aliphatic rings. The lowest BCUT2D eigenvalue weighted by molar-refractivity contribution is 0.242. The molecule has 0 saturated carbocycles. The highest BCUT2D eigenvalue weighted by molar-refractivity contribution is 5.36. The maximum atomic E-state index is 8.60. The Labute approximate surface area is 103 Å². The Morgan fingerprint density at radius 3 is 2.76 bits per heavy atom. The van der Waals surface area contributed by atoms with Crippen molar-refractivity contribution in [2.75, 3.05) is 13.2 Å². The fourth-order valence-corrected chi connectivity index (χ4v) is 1.18. The van der Waals surface area contributed by atoms with Crippen molar-refractivity contribution in [1.82, 2.24) is 4.98 Å². The van der Waals surface area contributed by atoms with E-state index in [0.717, 1.165) is 17.7 Å². The molecule has 1 rings (SSSR count). The number of ether oxygens (including phenoxy) is 1. The second-order valence-electron chi connectivity index (χ2n) is 5.03. The van der Waals surface area contributed by atoms with E-state index in [1.54, 1.807) is 12.4 Å². The van der Waals surface area contributed by atoms with E-state index in [-0.39, 0.29) is 12.0 Å². The van der Waals surface area contributed by atoms with Crippen LogP contribution in [0.4, 0.5) is 0 Å². The average Bonchev–Trinajstić information content (AvgIpc) is 2.25. The molecule has 0 aromatic carbocycles. The Bertz CT molecular complexity index is 410. The molecule has 0 atom stereocenters. The number of aliphatic hydroxyl groups excluding tert-OH is 1. The van der Waals surface area contributed by atoms with Crippen molar-refractivity contribution >= 4 is 0 Å². The largest absolute Gasteiger partial charge is 0.492 e. The molecule has 0 unspecified atom stereocenters. The van der Waals surface area contributed by atoms with Crippen LogP contribution in [0.3, 0.4) is 0 Å². The summed E-state index contributed by atoms with van der Waals surface area (Å²) in [7, 11) is 0. The molecule has 0 bridgehead atoms. The molecule has 0 saturated heterocycles. The van der Waals surface area contributed by atoms with Gasteiger partial charge in [0, 0.05) is 11.8 Å². The SMILES string of the molecule is CC(C)(C)CCOc1cncc(C#CCO)c1. The van der Waals surface area contributed by atoms with Crippen LogP contribution in [0, 0.1) is 17.3 Å². The molecular formula is C14H19NO2. The summed E-state index contributed by atoms with van der Waals surface area (Å²) in [6.07, 6.45) is 4.31. The lowest BCUT2D eigenvalue weighted by Crippen LogP contribution is -2.11. The summed E-state index contributed by atoms with van der Waals surface area (Å²) in [5.41, 5.74) is 1.02. The monoisotopic (exact) mass is 233 g/mol. The second-order valence-corrected chi connectivity index (χ2v) is 5.03. The van der Waals surface area contributed by atoms with E-state index in [0.29, 0.717) is 6.61 Å². The summed E-state index contributed by atoms with van der Waals surface area (Å²) in [4.78, 5) is 4.04. The summed E-state index contributed by atoms with van der Waals surface area (Å²) in [5.74, 6) is 6.10. The predicted octanol–water partition coefficient (Wildman–Crippen LogP) is 2.24. The minimum atomic E-state index is -0.144. The van der Waals surface area contributed by atoms with Gasteiger partial charge in [-0.2, -0.15) is 0 Å². The maximum Gasteiger partial charge on any atom is 0.138 e. The lowest BCUT2D eigenvalue weighted by Gasteiger charge is -2.17. The van der Waals surface area contributed by atoms with Crippen LogP contribution in [0.15, 0.2) is 18.5 Å². The second kappa shape index (κ2) is 6.27. The van der Waals surface area contributed by atoms with E-state index in [2.05, 4.69) is 37.6 Å². The third kappa shape index (κ3) is 5.94. The first-order valence-corrected chi connectivity index (χ1v) is 5.69. The van der Waals surface area contributed by atoms with Gasteiger partial charge in [0.1, 0.15) is 12.4 Å². The van der Waals surface area contributed by atoms with Crippen LogP contribution in [-0.2, 0) is 0 Å². The van der Waals surface area contributed by atoms with Gasteiger partial charge >= 0.3 is 0 Å². The highest BCUT2D eigenvalue weighted by atomic mass is 16.5. The van der Waals surface area contributed by atoms with Crippen LogP contribution < -0.4 is 4.74 Å². The lowest BCUT2D eigenvalue weighted by atomic mass is 9.93. The molecule has 0 aliphatic carbocycles. The van der Waals surface area contributed by atoms with Gasteiger partial charge in [-0.25, -0.2) is 0 Å². The van der Waals surface area contributed by atoms with Crippen molar-refractivity contribution in [1.29, 1.82) is 0 Å². The van der Waals surface area contributed by atoms with Crippen LogP contribution in [-0.4, -0.2) is 23.3 Å². The average molecular weight is 233 g/mol. The molecule has 1 aromatic rings. The number of hydrogen-bond acceptors (Lipinski definition) is 3. The van der Waals surface area contributed by atoms with Crippen LogP contribution in [0.25, 0.3) is 0 Å². The zero-order valence-electron chi connectivity index (χ0n) is 10.7. The van der Waals surface area contributed by atoms with E-state index < -0.39 is 0 Å². The highest BCUT2D eigenvalue weighted by Crippen LogP contribution is 2.19. The predicted molar refractivity (Wildman–Crippen MR) is 67.8 cm³/mol. The van der Waals surface area contributed by atoms with Gasteiger partial charge in [0.05, 0.1) is 12.8 Å². The fourth-order valence-electron chi connectivity index (χ4n) is 1.18. The smallest absolute Gasteiger partial charge is 0.138 e. The van der Waals surface area contributed by atoms with Crippen molar-refractivity contribution in [3.8, 4) is 17.6 Å². The molecule has 0 amide bonds. The molecule has 0 fully saturated rings. The van der Waals surface area contributed by atoms with Crippen LogP contribution >= 0.6 is 0 Å². The summed E-state index contributed by atoms with van der Waals surface area (Å²) in [6, 6.07) is 1.83. The van der Waals surface area contributed by atoms with E-state index in [1.807, 2.05) is 6.07 Å². The first-order valence-electron chi connectivity index (χ1n) is 5.69. The van der Waals surface area contributed by atoms with Gasteiger partial charge in [-0.1, -0.05) is 32.6 Å². The molecule has 0 radical (unpaired) electrons. The third-order valence-electron chi connectivity index (χ3n) is 2.15. The van der Waals surface area contributed by atoms with Crippen molar-refractivity contribution in [3.05, 3.63) is 24.0 Å². The summed E-state index contributed by atoms with van der Waals surface area (Å²) >= 11 is 0. The van der Waals surface area contributed by atoms with Gasteiger partial charge in [0.15, 0.2) is 0 Å². The molecule has 3 nitrogen and oxygen atoms in total. The van der Waals surface area contributed by atoms with Crippen LogP contribution in [0.1, 0.15) is 32.8 Å². The van der Waals surface area contributed by atoms with Crippen LogP contribution in [0.5, 0.6) is 5.75 Å². The fraction of sp³-hybridized carbons (Fsp3) is 0.500. The number of rotatable bonds is 3. The van der Waals surface area contributed by atoms with Gasteiger partial charge in [-0.05, 0) is 17.9 Å². The Kier molecular flexibility index (Phi) is 4.99. The number of aromatic nitrogens is 1. The normalized spacial score (nSPS) is 10.6. The van der Waals surface area contributed by atoms with Gasteiger partial charge in [0.25, 0.3) is 0 Å². The minimum Gasteiger partial charge on any atom is -0.492 e. The van der Waals surface area contributed by atoms with Crippen molar-refractivity contribution < 1.29 is 9.84 Å². The summed E-state index contributed by atoms with van der Waals surface area (Å²) < 4.78 is 5.61. The molecule has 1 aromatic heterocycles. The van der Waals surface area contributed by atoms with Gasteiger partial charge in [0.2, 0.25) is 0 Å². The Morgan fingerprint density at radius 2 is 2.12 bits per heavy atom. The molecule has 0 aliphatic heterocycles. The minimum absolute atomic E-state index is 0.144. The summed E-state index contributed by atoms with van der Waals surface area (Å²) in [5, 5.41) is 8.60. The molecule has 1 heterocycles. The van der Waals surface area contributed by atoms with Crippen molar-refractivity contribution in [2.45, 2.75) is 27.2 Å². The van der Waals surface area contributed by atoms with Crippen molar-refractivity contribution in [3.63, 3.8) is 0 Å². The van der Waals surface area contributed by atoms with Gasteiger partial charge in [-0.3, -0.25) is 4.98 Å². The van der Waals surface area contributed by atoms with Gasteiger partial charge < -0.3 is 9.84 Å². The molecule has 17 heavy (non-hydrogen) atoms. The Morgan fingerprint density at radius 1 is 1.35 bits per heavy atom. The number of hydrogen-bond donors (Lipinski definition) is 1. The zero-order valence-corrected chi connectivity index (χ0v) is 10.7. The van der Waals surface area contributed by atoms with E-state index in [4.69, 9.17) is 9.84 Å². The van der Waals surface area contributed by atoms with E-state index >= 15 is 0 Å². The number of pyridine rings is 1. The number of aliphatic hydroxyl groups is 1. The van der Waals surface area contributed by atoms with Gasteiger partial charge in [-0.15, -0.1) is 0 Å². The standard InChI is InChI=1S/C14H19NO2/c1-14(2,3)6-8-17-13-9-12(5-4-7-16)10-15-11-13/h9-11,16H,6-8H2,1-3H3. The first kappa shape index (κ1) is 13.5. The molecular weight excluding hydrogens is 214 g/mol. The maximum absolute atomic E-state index is 8.60. The quantitative estimate of drug-likeness (QED) is 0.814.